The second-order valence-corrected chi connectivity index (χ2v) is 9.30. The Kier molecular flexibility index (Phi) is 6.02. The quantitative estimate of drug-likeness (QED) is 0.349. The van der Waals surface area contributed by atoms with Crippen LogP contribution in [0.25, 0.3) is 11.1 Å². The summed E-state index contributed by atoms with van der Waals surface area (Å²) in [6.07, 6.45) is 6.84. The molecule has 4 aromatic rings. The third kappa shape index (κ3) is 4.79. The van der Waals surface area contributed by atoms with Crippen molar-refractivity contribution in [2.75, 3.05) is 17.2 Å². The maximum Gasteiger partial charge on any atom is 0.229 e. The first kappa shape index (κ1) is 22.1. The fourth-order valence-corrected chi connectivity index (χ4v) is 4.38. The first-order valence-electron chi connectivity index (χ1n) is 11.8. The first-order chi connectivity index (χ1) is 16.4. The number of nitrogens with zero attached hydrogens (tertiary/aromatic N) is 4. The lowest BCUT2D eigenvalue weighted by molar-refractivity contribution is 0.532. The number of aromatic nitrogens is 4. The number of aryl methyl sites for hydroxylation is 2. The van der Waals surface area contributed by atoms with Gasteiger partial charge in [-0.15, -0.1) is 0 Å². The summed E-state index contributed by atoms with van der Waals surface area (Å²) >= 11 is 0. The number of anilines is 4. The lowest BCUT2D eigenvalue weighted by Gasteiger charge is -2.19. The Hall–Kier alpha value is -3.71. The van der Waals surface area contributed by atoms with Gasteiger partial charge < -0.3 is 16.0 Å². The minimum atomic E-state index is 0.282. The van der Waals surface area contributed by atoms with Gasteiger partial charge in [-0.05, 0) is 87.2 Å². The third-order valence-corrected chi connectivity index (χ3v) is 6.06. The van der Waals surface area contributed by atoms with Gasteiger partial charge in [0.1, 0.15) is 5.82 Å². The molecule has 3 heterocycles. The number of rotatable bonds is 6. The van der Waals surface area contributed by atoms with Crippen molar-refractivity contribution < 1.29 is 0 Å². The van der Waals surface area contributed by atoms with Gasteiger partial charge in [-0.25, -0.2) is 4.98 Å². The van der Waals surface area contributed by atoms with Crippen LogP contribution in [0.5, 0.6) is 0 Å². The van der Waals surface area contributed by atoms with Gasteiger partial charge in [-0.3, -0.25) is 4.68 Å². The Morgan fingerprint density at radius 2 is 1.76 bits per heavy atom. The smallest absolute Gasteiger partial charge is 0.229 e. The zero-order valence-electron chi connectivity index (χ0n) is 20.2. The van der Waals surface area contributed by atoms with Crippen LogP contribution in [-0.4, -0.2) is 26.3 Å². The van der Waals surface area contributed by atoms with Gasteiger partial charge >= 0.3 is 0 Å². The highest BCUT2D eigenvalue weighted by Crippen LogP contribution is 2.31. The molecule has 0 radical (unpaired) electrons. The summed E-state index contributed by atoms with van der Waals surface area (Å²) in [4.78, 5) is 9.51. The summed E-state index contributed by atoms with van der Waals surface area (Å²) < 4.78 is 1.95. The van der Waals surface area contributed by atoms with Crippen molar-refractivity contribution in [2.24, 2.45) is 0 Å². The van der Waals surface area contributed by atoms with Crippen molar-refractivity contribution in [3.63, 3.8) is 0 Å². The zero-order chi connectivity index (χ0) is 23.7. The van der Waals surface area contributed by atoms with Crippen LogP contribution in [0.4, 0.5) is 23.1 Å². The van der Waals surface area contributed by atoms with E-state index in [-0.39, 0.29) is 6.04 Å². The first-order valence-corrected chi connectivity index (χ1v) is 11.8. The van der Waals surface area contributed by atoms with Crippen LogP contribution in [0.15, 0.2) is 55.0 Å². The Labute approximate surface area is 200 Å². The van der Waals surface area contributed by atoms with E-state index in [0.29, 0.717) is 5.95 Å². The third-order valence-electron chi connectivity index (χ3n) is 6.06. The predicted molar refractivity (Wildman–Crippen MR) is 138 cm³/mol. The summed E-state index contributed by atoms with van der Waals surface area (Å²) in [7, 11) is 0. The molecule has 1 aliphatic heterocycles. The van der Waals surface area contributed by atoms with Gasteiger partial charge in [-0.1, -0.05) is 12.1 Å². The van der Waals surface area contributed by atoms with Crippen molar-refractivity contribution in [2.45, 2.75) is 46.7 Å². The molecule has 5 rings (SSSR count). The molecule has 0 bridgehead atoms. The standard InChI is InChI=1S/C27H31N7/c1-17(2)34-16-22(14-30-34)25-15-29-27(32-24-10-18(3)9-19(4)11-24)33-26(25)31-23-6-5-20-7-8-28-13-21(20)12-23/h5-6,9-12,14-17,28H,7-8,13H2,1-4H3,(H2,29,31,32,33). The average Bonchev–Trinajstić information content (AvgIpc) is 3.29. The average molecular weight is 454 g/mol. The Morgan fingerprint density at radius 3 is 2.53 bits per heavy atom. The number of nitrogens with one attached hydrogen (secondary N) is 3. The fraction of sp³-hybridized carbons (Fsp3) is 0.296. The van der Waals surface area contributed by atoms with E-state index >= 15 is 0 Å². The van der Waals surface area contributed by atoms with Crippen molar-refractivity contribution in [3.05, 3.63) is 77.2 Å². The van der Waals surface area contributed by atoms with Gasteiger partial charge in [0.05, 0.1) is 6.20 Å². The number of hydrogen-bond donors (Lipinski definition) is 3. The summed E-state index contributed by atoms with van der Waals surface area (Å²) in [6, 6.07) is 13.2. The summed E-state index contributed by atoms with van der Waals surface area (Å²) in [5.74, 6) is 1.29. The lowest BCUT2D eigenvalue weighted by atomic mass is 10.0. The molecule has 0 aliphatic carbocycles. The van der Waals surface area contributed by atoms with E-state index < -0.39 is 0 Å². The lowest BCUT2D eigenvalue weighted by Crippen LogP contribution is -2.23. The van der Waals surface area contributed by atoms with Gasteiger partial charge in [0.2, 0.25) is 5.95 Å². The summed E-state index contributed by atoms with van der Waals surface area (Å²) in [5.41, 5.74) is 9.00. The highest BCUT2D eigenvalue weighted by atomic mass is 15.3. The molecule has 1 aliphatic rings. The fourth-order valence-electron chi connectivity index (χ4n) is 4.38. The molecular weight excluding hydrogens is 422 g/mol. The maximum absolute atomic E-state index is 4.88. The van der Waals surface area contributed by atoms with E-state index in [1.54, 1.807) is 0 Å². The molecule has 0 saturated heterocycles. The minimum absolute atomic E-state index is 0.282. The van der Waals surface area contributed by atoms with E-state index in [4.69, 9.17) is 4.98 Å². The van der Waals surface area contributed by atoms with Crippen molar-refractivity contribution in [3.8, 4) is 11.1 Å². The van der Waals surface area contributed by atoms with Gasteiger partial charge in [-0.2, -0.15) is 10.1 Å². The van der Waals surface area contributed by atoms with E-state index in [2.05, 4.69) is 90.1 Å². The number of hydrogen-bond acceptors (Lipinski definition) is 6. The molecular formula is C27H31N7. The van der Waals surface area contributed by atoms with E-state index in [9.17, 15) is 0 Å². The van der Waals surface area contributed by atoms with E-state index in [1.165, 1.54) is 22.3 Å². The molecule has 0 spiro atoms. The largest absolute Gasteiger partial charge is 0.340 e. The molecule has 34 heavy (non-hydrogen) atoms. The topological polar surface area (TPSA) is 79.7 Å². The van der Waals surface area contributed by atoms with Crippen LogP contribution in [0.1, 0.15) is 42.1 Å². The SMILES string of the molecule is Cc1cc(C)cc(Nc2ncc(-c3cnn(C(C)C)c3)c(Nc3ccc4c(c3)CNCC4)n2)c1. The number of benzene rings is 2. The molecule has 0 atom stereocenters. The molecule has 0 amide bonds. The molecule has 174 valence electrons. The zero-order valence-corrected chi connectivity index (χ0v) is 20.2. The van der Waals surface area contributed by atoms with Crippen LogP contribution in [0.2, 0.25) is 0 Å². The predicted octanol–water partition coefficient (Wildman–Crippen LogP) is 5.67. The summed E-state index contributed by atoms with van der Waals surface area (Å²) in [5, 5.41) is 14.9. The molecule has 0 fully saturated rings. The molecule has 3 N–H and O–H groups in total. The normalized spacial score (nSPS) is 13.1. The Bertz CT molecular complexity index is 1300. The highest BCUT2D eigenvalue weighted by molar-refractivity contribution is 5.78. The van der Waals surface area contributed by atoms with Crippen LogP contribution < -0.4 is 16.0 Å². The Balaban J connectivity index is 1.51. The van der Waals surface area contributed by atoms with Crippen LogP contribution in [0, 0.1) is 13.8 Å². The van der Waals surface area contributed by atoms with Crippen molar-refractivity contribution >= 4 is 23.1 Å². The highest BCUT2D eigenvalue weighted by Gasteiger charge is 2.15. The summed E-state index contributed by atoms with van der Waals surface area (Å²) in [6.45, 7) is 10.3. The molecule has 2 aromatic carbocycles. The monoisotopic (exact) mass is 453 g/mol. The van der Waals surface area contributed by atoms with E-state index in [0.717, 1.165) is 47.8 Å². The second kappa shape index (κ2) is 9.27. The molecule has 7 heteroatoms. The van der Waals surface area contributed by atoms with Crippen LogP contribution >= 0.6 is 0 Å². The molecule has 7 nitrogen and oxygen atoms in total. The maximum atomic E-state index is 4.88. The van der Waals surface area contributed by atoms with Crippen LogP contribution in [0.3, 0.4) is 0 Å². The van der Waals surface area contributed by atoms with Crippen LogP contribution in [-0.2, 0) is 13.0 Å². The molecule has 2 aromatic heterocycles. The minimum Gasteiger partial charge on any atom is -0.340 e. The van der Waals surface area contributed by atoms with Gasteiger partial charge in [0.25, 0.3) is 0 Å². The second-order valence-electron chi connectivity index (χ2n) is 9.30. The van der Waals surface area contributed by atoms with Crippen molar-refractivity contribution in [1.82, 2.24) is 25.1 Å². The van der Waals surface area contributed by atoms with E-state index in [1.807, 2.05) is 23.3 Å². The Morgan fingerprint density at radius 1 is 0.941 bits per heavy atom. The molecule has 0 unspecified atom stereocenters. The van der Waals surface area contributed by atoms with Gasteiger partial charge in [0, 0.05) is 47.5 Å². The van der Waals surface area contributed by atoms with Crippen molar-refractivity contribution in [1.29, 1.82) is 0 Å². The molecule has 0 saturated carbocycles. The van der Waals surface area contributed by atoms with Gasteiger partial charge in [0.15, 0.2) is 0 Å². The number of fused-ring (bicyclic) bond motifs is 1.